The van der Waals surface area contributed by atoms with Crippen molar-refractivity contribution in [2.45, 2.75) is 72.3 Å². The molecule has 4 aliphatic rings. The van der Waals surface area contributed by atoms with Gasteiger partial charge in [0.05, 0.1) is 5.56 Å². The van der Waals surface area contributed by atoms with Gasteiger partial charge in [-0.15, -0.1) is 0 Å². The van der Waals surface area contributed by atoms with Crippen LogP contribution in [0.25, 0.3) is 11.1 Å². The maximum Gasteiger partial charge on any atom is 0.231 e. The number of ether oxygens (including phenoxy) is 2. The molecule has 0 saturated heterocycles. The molecule has 3 N–H and O–H groups in total. The summed E-state index contributed by atoms with van der Waals surface area (Å²) < 4.78 is 11.0. The molecule has 3 aliphatic carbocycles. The van der Waals surface area contributed by atoms with Gasteiger partial charge in [-0.2, -0.15) is 0 Å². The van der Waals surface area contributed by atoms with Gasteiger partial charge in [0.2, 0.25) is 6.79 Å². The molecule has 0 amide bonds. The summed E-state index contributed by atoms with van der Waals surface area (Å²) in [5.74, 6) is -1.28. The minimum absolute atomic E-state index is 0.0256. The monoisotopic (exact) mass is 558 g/mol. The molecule has 0 radical (unpaired) electrons. The number of Topliss-reactive ketones (excluding diaryl/α,β-unsaturated/α-hetero) is 3. The van der Waals surface area contributed by atoms with E-state index in [0.29, 0.717) is 34.6 Å². The molecule has 0 fully saturated rings. The Morgan fingerprint density at radius 3 is 2.37 bits per heavy atom. The zero-order chi connectivity index (χ0) is 29.8. The van der Waals surface area contributed by atoms with E-state index in [9.17, 15) is 29.7 Å². The highest BCUT2D eigenvalue weighted by Gasteiger charge is 2.65. The number of carbonyl (C=O) groups is 3. The van der Waals surface area contributed by atoms with E-state index < -0.39 is 45.1 Å². The fraction of sp³-hybridized carbons (Fsp3) is 0.424. The number of phenolic OH excluding ortho intramolecular Hbond substituents is 1. The molecule has 6 rings (SSSR count). The lowest BCUT2D eigenvalue weighted by Crippen LogP contribution is -2.61. The van der Waals surface area contributed by atoms with Crippen molar-refractivity contribution in [3.05, 3.63) is 63.4 Å². The normalized spacial score (nSPS) is 28.6. The zero-order valence-corrected chi connectivity index (χ0v) is 24.1. The van der Waals surface area contributed by atoms with Crippen molar-refractivity contribution in [3.8, 4) is 28.4 Å². The fourth-order valence-electron chi connectivity index (χ4n) is 8.01. The SMILES string of the molecule is CC(=O)C1=C(O)C2(O)C(C)=C3C(=O)c4c(O)c(-c5ccc6c(c5)OCO6)cc(C(C)C)c4C[C@]3(C)C[C@]2(C)CC1=O. The molecule has 8 heteroatoms. The van der Waals surface area contributed by atoms with Gasteiger partial charge in [-0.05, 0) is 73.1 Å². The molecule has 0 aromatic heterocycles. The van der Waals surface area contributed by atoms with Crippen molar-refractivity contribution < 1.29 is 39.2 Å². The van der Waals surface area contributed by atoms with E-state index in [1.165, 1.54) is 6.92 Å². The maximum atomic E-state index is 14.5. The number of aliphatic hydroxyl groups is 2. The Morgan fingerprint density at radius 1 is 1.02 bits per heavy atom. The van der Waals surface area contributed by atoms with Crippen LogP contribution in [0, 0.1) is 10.8 Å². The van der Waals surface area contributed by atoms with Crippen molar-refractivity contribution in [2.75, 3.05) is 6.79 Å². The van der Waals surface area contributed by atoms with Gasteiger partial charge >= 0.3 is 0 Å². The Bertz CT molecular complexity index is 1660. The molecule has 0 spiro atoms. The number of aliphatic hydroxyl groups excluding tert-OH is 1. The van der Waals surface area contributed by atoms with Crippen LogP contribution in [0.1, 0.15) is 81.8 Å². The Balaban J connectivity index is 1.61. The van der Waals surface area contributed by atoms with Crippen molar-refractivity contribution in [1.29, 1.82) is 0 Å². The highest BCUT2D eigenvalue weighted by molar-refractivity contribution is 6.21. The molecule has 1 unspecified atom stereocenters. The summed E-state index contributed by atoms with van der Waals surface area (Å²) in [6.45, 7) is 10.6. The number of allylic oxidation sites excluding steroid dienone is 2. The first kappa shape index (κ1) is 27.3. The van der Waals surface area contributed by atoms with Crippen LogP contribution in [0.3, 0.4) is 0 Å². The second-order valence-electron chi connectivity index (χ2n) is 12.8. The summed E-state index contributed by atoms with van der Waals surface area (Å²) in [7, 11) is 0. The molecule has 1 aliphatic heterocycles. The van der Waals surface area contributed by atoms with Crippen LogP contribution in [0.4, 0.5) is 0 Å². The maximum absolute atomic E-state index is 14.5. The third-order valence-corrected chi connectivity index (χ3v) is 9.70. The first-order valence-electron chi connectivity index (χ1n) is 13.9. The molecule has 41 heavy (non-hydrogen) atoms. The molecule has 3 atom stereocenters. The van der Waals surface area contributed by atoms with Gasteiger partial charge in [-0.1, -0.05) is 33.8 Å². The highest BCUT2D eigenvalue weighted by Crippen LogP contribution is 2.64. The third kappa shape index (κ3) is 3.46. The number of phenols is 1. The van der Waals surface area contributed by atoms with Crippen LogP contribution < -0.4 is 9.47 Å². The lowest BCUT2D eigenvalue weighted by Gasteiger charge is -2.57. The summed E-state index contributed by atoms with van der Waals surface area (Å²) in [6, 6.07) is 7.27. The van der Waals surface area contributed by atoms with Gasteiger partial charge in [-0.25, -0.2) is 0 Å². The quantitative estimate of drug-likeness (QED) is 0.422. The van der Waals surface area contributed by atoms with Crippen LogP contribution in [-0.2, 0) is 16.0 Å². The van der Waals surface area contributed by atoms with E-state index in [2.05, 4.69) is 0 Å². The molecule has 214 valence electrons. The summed E-state index contributed by atoms with van der Waals surface area (Å²) in [4.78, 5) is 39.9. The van der Waals surface area contributed by atoms with Gasteiger partial charge < -0.3 is 24.8 Å². The first-order valence-corrected chi connectivity index (χ1v) is 13.9. The predicted molar refractivity (Wildman–Crippen MR) is 150 cm³/mol. The number of hydrogen-bond acceptors (Lipinski definition) is 8. The number of carbonyl (C=O) groups excluding carboxylic acids is 3. The van der Waals surface area contributed by atoms with E-state index in [1.54, 1.807) is 32.0 Å². The lowest BCUT2D eigenvalue weighted by atomic mass is 9.47. The summed E-state index contributed by atoms with van der Waals surface area (Å²) in [5.41, 5.74) is -0.989. The van der Waals surface area contributed by atoms with Crippen molar-refractivity contribution in [2.24, 2.45) is 10.8 Å². The van der Waals surface area contributed by atoms with Crippen LogP contribution >= 0.6 is 0 Å². The second-order valence-corrected chi connectivity index (χ2v) is 12.8. The topological polar surface area (TPSA) is 130 Å². The standard InChI is InChI=1S/C33H34O8/c1-15(2)19-10-20(18-7-8-23-24(9-18)41-14-40-23)28(36)26-21(19)11-31(5)13-32(6)12-22(35)25(17(4)34)30(38)33(32,39)16(3)27(31)29(26)37/h7-10,15,36,38-39H,11-14H2,1-6H3/t31-,32+,33?/m1/s1. The number of benzene rings is 2. The molecular formula is C33H34O8. The molecule has 8 nitrogen and oxygen atoms in total. The highest BCUT2D eigenvalue weighted by atomic mass is 16.7. The van der Waals surface area contributed by atoms with Gasteiger partial charge in [0.1, 0.15) is 22.7 Å². The van der Waals surface area contributed by atoms with Gasteiger partial charge in [-0.3, -0.25) is 14.4 Å². The van der Waals surface area contributed by atoms with Crippen LogP contribution in [0.2, 0.25) is 0 Å². The minimum atomic E-state index is -2.09. The van der Waals surface area contributed by atoms with Crippen molar-refractivity contribution in [1.82, 2.24) is 0 Å². The summed E-state index contributed by atoms with van der Waals surface area (Å²) in [6.07, 6.45) is 0.472. The Hall–Kier alpha value is -3.91. The van der Waals surface area contributed by atoms with Crippen molar-refractivity contribution >= 4 is 17.3 Å². The molecule has 0 bridgehead atoms. The Labute approximate surface area is 238 Å². The van der Waals surface area contributed by atoms with Crippen molar-refractivity contribution in [3.63, 3.8) is 0 Å². The third-order valence-electron chi connectivity index (χ3n) is 9.70. The van der Waals surface area contributed by atoms with E-state index in [1.807, 2.05) is 26.8 Å². The van der Waals surface area contributed by atoms with Gasteiger partial charge in [0.25, 0.3) is 0 Å². The number of aromatic hydroxyl groups is 1. The van der Waals surface area contributed by atoms with Crippen LogP contribution in [0.15, 0.2) is 46.7 Å². The molecule has 2 aromatic carbocycles. The summed E-state index contributed by atoms with van der Waals surface area (Å²) >= 11 is 0. The van der Waals surface area contributed by atoms with Gasteiger partial charge in [0, 0.05) is 28.4 Å². The zero-order valence-electron chi connectivity index (χ0n) is 24.1. The summed E-state index contributed by atoms with van der Waals surface area (Å²) in [5, 5.41) is 35.1. The van der Waals surface area contributed by atoms with E-state index in [0.717, 1.165) is 11.1 Å². The first-order chi connectivity index (χ1) is 19.1. The fourth-order valence-corrected chi connectivity index (χ4v) is 8.01. The molecular weight excluding hydrogens is 524 g/mol. The minimum Gasteiger partial charge on any atom is -0.508 e. The Morgan fingerprint density at radius 2 is 1.71 bits per heavy atom. The second kappa shape index (κ2) is 8.55. The lowest BCUT2D eigenvalue weighted by molar-refractivity contribution is -0.135. The average molecular weight is 559 g/mol. The smallest absolute Gasteiger partial charge is 0.231 e. The molecule has 0 saturated carbocycles. The van der Waals surface area contributed by atoms with Crippen LogP contribution in [-0.4, -0.2) is 45.1 Å². The van der Waals surface area contributed by atoms with E-state index in [4.69, 9.17) is 9.47 Å². The molecule has 2 aromatic rings. The number of rotatable bonds is 3. The van der Waals surface area contributed by atoms with E-state index in [-0.39, 0.29) is 42.4 Å². The largest absolute Gasteiger partial charge is 0.508 e. The molecule has 1 heterocycles. The van der Waals surface area contributed by atoms with E-state index >= 15 is 0 Å². The number of hydrogen-bond donors (Lipinski definition) is 3. The Kier molecular flexibility index (Phi) is 5.69. The number of fused-ring (bicyclic) bond motifs is 4. The van der Waals surface area contributed by atoms with Crippen LogP contribution in [0.5, 0.6) is 17.2 Å². The average Bonchev–Trinajstić information content (AvgIpc) is 3.33. The number of ketones is 3. The predicted octanol–water partition coefficient (Wildman–Crippen LogP) is 5.49. The van der Waals surface area contributed by atoms with Gasteiger partial charge in [0.15, 0.2) is 28.8 Å².